The van der Waals surface area contributed by atoms with Crippen molar-refractivity contribution >= 4 is 19.8 Å². The first-order valence-electron chi connectivity index (χ1n) is 36.3. The van der Waals surface area contributed by atoms with E-state index < -0.39 is 26.5 Å². The summed E-state index contributed by atoms with van der Waals surface area (Å²) in [7, 11) is 1.49. The molecule has 0 aliphatic rings. The van der Waals surface area contributed by atoms with Crippen LogP contribution in [0.15, 0.2) is 85.1 Å². The van der Waals surface area contributed by atoms with E-state index in [-0.39, 0.29) is 32.0 Å². The molecule has 0 aliphatic carbocycles. The second kappa shape index (κ2) is 66.6. The van der Waals surface area contributed by atoms with Gasteiger partial charge < -0.3 is 18.9 Å². The van der Waals surface area contributed by atoms with Crippen LogP contribution in [0.4, 0.5) is 0 Å². The van der Waals surface area contributed by atoms with E-state index in [2.05, 4.69) is 98.9 Å². The number of hydrogen-bond acceptors (Lipinski definition) is 7. The molecule has 86 heavy (non-hydrogen) atoms. The quantitative estimate of drug-likeness (QED) is 0.0211. The van der Waals surface area contributed by atoms with Gasteiger partial charge in [-0.3, -0.25) is 18.6 Å². The SMILES string of the molecule is CC/C=C\C/C=C\C/C=C\C/C=C\CCCCCCCCCCCCCCCCCCCCC(=O)OC(COC(=O)CCCCCCCCCCCCCCCCCC/C=C\C/C=C\C/C=C\CCCCCCC)COP(=O)(O)OCC[N+](C)(C)C. The summed E-state index contributed by atoms with van der Waals surface area (Å²) in [5.41, 5.74) is 0. The lowest BCUT2D eigenvalue weighted by atomic mass is 10.0. The van der Waals surface area contributed by atoms with Crippen molar-refractivity contribution in [1.82, 2.24) is 0 Å². The Hall–Kier alpha value is -2.81. The van der Waals surface area contributed by atoms with Crippen molar-refractivity contribution in [2.45, 2.75) is 341 Å². The van der Waals surface area contributed by atoms with Crippen LogP contribution in [-0.4, -0.2) is 74.9 Å². The van der Waals surface area contributed by atoms with E-state index in [0.29, 0.717) is 17.4 Å². The summed E-state index contributed by atoms with van der Waals surface area (Å²) in [4.78, 5) is 35.9. The molecule has 0 aromatic carbocycles. The lowest BCUT2D eigenvalue weighted by molar-refractivity contribution is -0.870. The summed E-state index contributed by atoms with van der Waals surface area (Å²) in [6.07, 6.45) is 91.2. The summed E-state index contributed by atoms with van der Waals surface area (Å²) in [6, 6.07) is 0. The molecule has 0 rings (SSSR count). The Labute approximate surface area is 532 Å². The highest BCUT2D eigenvalue weighted by atomic mass is 31.2. The zero-order valence-corrected chi connectivity index (χ0v) is 57.9. The molecule has 0 amide bonds. The van der Waals surface area contributed by atoms with Crippen LogP contribution in [0.2, 0.25) is 0 Å². The highest BCUT2D eigenvalue weighted by Gasteiger charge is 2.27. The van der Waals surface area contributed by atoms with Crippen molar-refractivity contribution in [2.75, 3.05) is 47.5 Å². The minimum absolute atomic E-state index is 0.0312. The second-order valence-corrected chi connectivity index (χ2v) is 27.0. The molecule has 0 heterocycles. The minimum atomic E-state index is -4.39. The molecule has 2 atom stereocenters. The summed E-state index contributed by atoms with van der Waals surface area (Å²) in [5.74, 6) is -0.784. The number of nitrogens with zero attached hydrogens (tertiary/aromatic N) is 1. The van der Waals surface area contributed by atoms with Crippen molar-refractivity contribution in [3.63, 3.8) is 0 Å². The van der Waals surface area contributed by atoms with Crippen molar-refractivity contribution in [3.05, 3.63) is 85.1 Å². The molecule has 0 aromatic heterocycles. The van der Waals surface area contributed by atoms with Gasteiger partial charge in [-0.1, -0.05) is 317 Å². The fraction of sp³-hybridized carbons (Fsp3) is 0.789. The Morgan fingerprint density at radius 1 is 0.372 bits per heavy atom. The van der Waals surface area contributed by atoms with Gasteiger partial charge in [-0.05, 0) is 89.9 Å². The molecule has 0 saturated carbocycles. The lowest BCUT2D eigenvalue weighted by Gasteiger charge is -2.24. The van der Waals surface area contributed by atoms with E-state index in [4.69, 9.17) is 18.5 Å². The van der Waals surface area contributed by atoms with Crippen molar-refractivity contribution in [1.29, 1.82) is 0 Å². The summed E-state index contributed by atoms with van der Waals surface area (Å²) in [6.45, 7) is 4.35. The molecule has 0 saturated heterocycles. The van der Waals surface area contributed by atoms with Gasteiger partial charge in [-0.2, -0.15) is 0 Å². The van der Waals surface area contributed by atoms with Gasteiger partial charge in [0.15, 0.2) is 6.10 Å². The molecule has 2 unspecified atom stereocenters. The zero-order valence-electron chi connectivity index (χ0n) is 57.0. The van der Waals surface area contributed by atoms with Crippen LogP contribution in [0.3, 0.4) is 0 Å². The molecule has 0 aliphatic heterocycles. The standard InChI is InChI=1S/C76H138NO8P/c1-6-8-10-12-14-16-18-20-22-24-26-28-30-32-34-36-38-40-42-44-46-48-50-52-54-56-58-60-62-64-66-68-75(78)82-72-74(73-84-86(80,81)83-71-70-77(3,4)5)85-76(79)69-67-65-63-61-59-57-55-53-51-49-47-45-43-41-39-37-35-33-31-29-27-25-23-21-19-17-15-13-11-9-7-2/h9,11,15,17-18,20-21,23-24,26-27,29-30,32,74H,6-8,10,12-14,16,19,22,25,28,31,33-73H2,1-5H3/p+1/b11-9-,17-15-,20-18-,23-21-,26-24-,29-27-,32-30-. The summed E-state index contributed by atoms with van der Waals surface area (Å²) >= 11 is 0. The van der Waals surface area contributed by atoms with Crippen molar-refractivity contribution in [3.8, 4) is 0 Å². The van der Waals surface area contributed by atoms with Crippen molar-refractivity contribution in [2.24, 2.45) is 0 Å². The largest absolute Gasteiger partial charge is 0.472 e. The van der Waals surface area contributed by atoms with Crippen LogP contribution in [0.5, 0.6) is 0 Å². The number of carbonyl (C=O) groups is 2. The predicted molar refractivity (Wildman–Crippen MR) is 372 cm³/mol. The second-order valence-electron chi connectivity index (χ2n) is 25.6. The van der Waals surface area contributed by atoms with Crippen LogP contribution in [-0.2, 0) is 32.7 Å². The maximum atomic E-state index is 12.9. The average molecular weight is 1230 g/mol. The topological polar surface area (TPSA) is 108 Å². The van der Waals surface area contributed by atoms with E-state index in [0.717, 1.165) is 70.6 Å². The number of rotatable bonds is 67. The molecule has 0 radical (unpaired) electrons. The Bertz CT molecular complexity index is 1730. The number of allylic oxidation sites excluding steroid dienone is 14. The Kier molecular flexibility index (Phi) is 64.4. The van der Waals surface area contributed by atoms with Crippen LogP contribution < -0.4 is 0 Å². The van der Waals surface area contributed by atoms with Gasteiger partial charge in [0.25, 0.3) is 0 Å². The third-order valence-corrected chi connectivity index (χ3v) is 16.9. The van der Waals surface area contributed by atoms with Gasteiger partial charge in [0.1, 0.15) is 19.8 Å². The van der Waals surface area contributed by atoms with E-state index in [1.165, 1.54) is 231 Å². The van der Waals surface area contributed by atoms with E-state index in [1.807, 2.05) is 21.1 Å². The average Bonchev–Trinajstić information content (AvgIpc) is 3.56. The number of likely N-dealkylation sites (N-methyl/N-ethyl adjacent to an activating group) is 1. The Morgan fingerprint density at radius 2 is 0.663 bits per heavy atom. The first kappa shape index (κ1) is 83.2. The monoisotopic (exact) mass is 1230 g/mol. The van der Waals surface area contributed by atoms with Gasteiger partial charge in [-0.25, -0.2) is 4.57 Å². The molecule has 9 nitrogen and oxygen atoms in total. The number of phosphoric ester groups is 1. The third kappa shape index (κ3) is 70.3. The van der Waals surface area contributed by atoms with Crippen LogP contribution in [0, 0.1) is 0 Å². The van der Waals surface area contributed by atoms with E-state index >= 15 is 0 Å². The normalized spacial score (nSPS) is 13.6. The molecule has 0 aromatic rings. The third-order valence-electron chi connectivity index (χ3n) is 15.9. The number of carbonyl (C=O) groups excluding carboxylic acids is 2. The van der Waals surface area contributed by atoms with Crippen LogP contribution in [0.25, 0.3) is 0 Å². The first-order chi connectivity index (χ1) is 42.0. The number of unbranched alkanes of at least 4 members (excludes halogenated alkanes) is 39. The molecule has 500 valence electrons. The number of phosphoric acid groups is 1. The Morgan fingerprint density at radius 3 is 0.988 bits per heavy atom. The lowest BCUT2D eigenvalue weighted by Crippen LogP contribution is -2.37. The molecule has 10 heteroatoms. The van der Waals surface area contributed by atoms with E-state index in [1.54, 1.807) is 0 Å². The zero-order chi connectivity index (χ0) is 62.6. The van der Waals surface area contributed by atoms with Gasteiger partial charge in [0, 0.05) is 12.8 Å². The highest BCUT2D eigenvalue weighted by Crippen LogP contribution is 2.43. The summed E-state index contributed by atoms with van der Waals surface area (Å²) in [5, 5.41) is 0. The maximum absolute atomic E-state index is 12.9. The minimum Gasteiger partial charge on any atom is -0.462 e. The van der Waals surface area contributed by atoms with Gasteiger partial charge in [-0.15, -0.1) is 0 Å². The van der Waals surface area contributed by atoms with Gasteiger partial charge in [0.2, 0.25) is 0 Å². The molecule has 0 fully saturated rings. The van der Waals surface area contributed by atoms with Gasteiger partial charge >= 0.3 is 19.8 Å². The Balaban J connectivity index is 4.00. The fourth-order valence-corrected chi connectivity index (χ4v) is 11.1. The molecular weight excluding hydrogens is 1090 g/mol. The molecular formula is C76H139NO8P+. The first-order valence-corrected chi connectivity index (χ1v) is 37.8. The number of esters is 2. The number of quaternary nitrogens is 1. The number of hydrogen-bond donors (Lipinski definition) is 1. The predicted octanol–water partition coefficient (Wildman–Crippen LogP) is 23.7. The molecule has 1 N–H and O–H groups in total. The number of ether oxygens (including phenoxy) is 2. The van der Waals surface area contributed by atoms with Crippen LogP contribution in [0.1, 0.15) is 335 Å². The van der Waals surface area contributed by atoms with Gasteiger partial charge in [0.05, 0.1) is 27.7 Å². The summed E-state index contributed by atoms with van der Waals surface area (Å²) < 4.78 is 34.8. The van der Waals surface area contributed by atoms with E-state index in [9.17, 15) is 19.0 Å². The highest BCUT2D eigenvalue weighted by molar-refractivity contribution is 7.47. The van der Waals surface area contributed by atoms with Crippen molar-refractivity contribution < 1.29 is 42.1 Å². The maximum Gasteiger partial charge on any atom is 0.472 e. The van der Waals surface area contributed by atoms with Crippen LogP contribution >= 0.6 is 7.82 Å². The molecule has 0 spiro atoms. The fourth-order valence-electron chi connectivity index (χ4n) is 10.4. The molecule has 0 bridgehead atoms. The smallest absolute Gasteiger partial charge is 0.462 e.